The molecule has 1 aromatic carbocycles. The molecule has 0 radical (unpaired) electrons. The third kappa shape index (κ3) is 4.09. The molecule has 1 aliphatic rings. The summed E-state index contributed by atoms with van der Waals surface area (Å²) in [5.74, 6) is -0.644. The number of ether oxygens (including phenoxy) is 1. The molecule has 0 fully saturated rings. The molecule has 6 nitrogen and oxygen atoms in total. The topological polar surface area (TPSA) is 75.7 Å². The molecule has 1 unspecified atom stereocenters. The molecule has 2 rings (SSSR count). The molecule has 1 atom stereocenters. The molecule has 0 saturated heterocycles. The zero-order chi connectivity index (χ0) is 17.2. The van der Waals surface area contributed by atoms with Gasteiger partial charge in [-0.25, -0.2) is 4.79 Å². The number of rotatable bonds is 4. The van der Waals surface area contributed by atoms with Crippen molar-refractivity contribution in [3.63, 3.8) is 0 Å². The van der Waals surface area contributed by atoms with E-state index in [-0.39, 0.29) is 24.3 Å². The normalized spacial score (nSPS) is 15.4. The first-order valence-electron chi connectivity index (χ1n) is 7.61. The van der Waals surface area contributed by atoms with Crippen LogP contribution in [-0.4, -0.2) is 41.5 Å². The van der Waals surface area contributed by atoms with E-state index in [1.165, 1.54) is 4.90 Å². The minimum Gasteiger partial charge on any atom is -0.444 e. The number of hydrogen-bond acceptors (Lipinski definition) is 4. The van der Waals surface area contributed by atoms with Gasteiger partial charge in [-0.15, -0.1) is 0 Å². The molecule has 1 aromatic rings. The maximum atomic E-state index is 12.3. The van der Waals surface area contributed by atoms with Gasteiger partial charge in [0.15, 0.2) is 0 Å². The fraction of sp³-hybridized carbons (Fsp3) is 0.471. The highest BCUT2D eigenvalue weighted by Crippen LogP contribution is 2.23. The van der Waals surface area contributed by atoms with E-state index in [0.29, 0.717) is 17.7 Å². The molecule has 1 N–H and O–H groups in total. The molecule has 0 saturated carbocycles. The number of nitrogens with zero attached hydrogens (tertiary/aromatic N) is 1. The van der Waals surface area contributed by atoms with E-state index in [9.17, 15) is 14.4 Å². The Kier molecular flexibility index (Phi) is 4.73. The highest BCUT2D eigenvalue weighted by molar-refractivity contribution is 6.21. The summed E-state index contributed by atoms with van der Waals surface area (Å²) in [7, 11) is 0. The van der Waals surface area contributed by atoms with Gasteiger partial charge in [0.2, 0.25) is 0 Å². The summed E-state index contributed by atoms with van der Waals surface area (Å²) in [4.78, 5) is 37.4. The predicted octanol–water partition coefficient (Wildman–Crippen LogP) is 2.44. The Morgan fingerprint density at radius 1 is 1.17 bits per heavy atom. The van der Waals surface area contributed by atoms with Crippen molar-refractivity contribution >= 4 is 17.9 Å². The number of nitrogens with one attached hydrogen (secondary N) is 1. The van der Waals surface area contributed by atoms with Gasteiger partial charge in [0.1, 0.15) is 5.60 Å². The highest BCUT2D eigenvalue weighted by Gasteiger charge is 2.35. The van der Waals surface area contributed by atoms with Crippen molar-refractivity contribution in [1.82, 2.24) is 10.2 Å². The van der Waals surface area contributed by atoms with Crippen molar-refractivity contribution in [2.45, 2.75) is 33.3 Å². The maximum Gasteiger partial charge on any atom is 0.407 e. The Hall–Kier alpha value is -2.37. The summed E-state index contributed by atoms with van der Waals surface area (Å²) in [5, 5.41) is 2.65. The Morgan fingerprint density at radius 2 is 1.70 bits per heavy atom. The molecular formula is C17H22N2O4. The summed E-state index contributed by atoms with van der Waals surface area (Å²) >= 11 is 0. The standard InChI is InChI=1S/C17H22N2O4/c1-11(9-18-16(22)23-17(2,3)4)10-19-14(20)12-7-5-6-8-13(12)15(19)21/h5-8,11H,9-10H2,1-4H3,(H,18,22). The molecule has 0 bridgehead atoms. The lowest BCUT2D eigenvalue weighted by molar-refractivity contribution is 0.0516. The molecule has 1 aliphatic heterocycles. The molecule has 124 valence electrons. The number of fused-ring (bicyclic) bond motifs is 1. The van der Waals surface area contributed by atoms with Crippen LogP contribution in [0.25, 0.3) is 0 Å². The van der Waals surface area contributed by atoms with Gasteiger partial charge in [0.25, 0.3) is 11.8 Å². The van der Waals surface area contributed by atoms with Crippen molar-refractivity contribution in [2.75, 3.05) is 13.1 Å². The molecule has 6 heteroatoms. The van der Waals surface area contributed by atoms with Crippen molar-refractivity contribution in [1.29, 1.82) is 0 Å². The SMILES string of the molecule is CC(CNC(=O)OC(C)(C)C)CN1C(=O)c2ccccc2C1=O. The lowest BCUT2D eigenvalue weighted by atomic mass is 10.1. The lowest BCUT2D eigenvalue weighted by Crippen LogP contribution is -2.40. The summed E-state index contributed by atoms with van der Waals surface area (Å²) in [6.07, 6.45) is -0.508. The van der Waals surface area contributed by atoms with E-state index in [0.717, 1.165) is 0 Å². The first kappa shape index (κ1) is 17.0. The van der Waals surface area contributed by atoms with Gasteiger partial charge in [-0.2, -0.15) is 0 Å². The highest BCUT2D eigenvalue weighted by atomic mass is 16.6. The average molecular weight is 318 g/mol. The van der Waals surface area contributed by atoms with Crippen LogP contribution < -0.4 is 5.32 Å². The summed E-state index contributed by atoms with van der Waals surface area (Å²) in [5.41, 5.74) is 0.310. The largest absolute Gasteiger partial charge is 0.444 e. The van der Waals surface area contributed by atoms with Gasteiger partial charge >= 0.3 is 6.09 Å². The van der Waals surface area contributed by atoms with Crippen molar-refractivity contribution in [2.24, 2.45) is 5.92 Å². The monoisotopic (exact) mass is 318 g/mol. The Balaban J connectivity index is 1.90. The average Bonchev–Trinajstić information content (AvgIpc) is 2.69. The lowest BCUT2D eigenvalue weighted by Gasteiger charge is -2.22. The molecule has 3 amide bonds. The summed E-state index contributed by atoms with van der Waals surface area (Å²) in [6.45, 7) is 7.80. The maximum absolute atomic E-state index is 12.3. The van der Waals surface area contributed by atoms with Crippen LogP contribution in [0.2, 0.25) is 0 Å². The third-order valence-electron chi connectivity index (χ3n) is 3.37. The number of benzene rings is 1. The zero-order valence-corrected chi connectivity index (χ0v) is 13.9. The molecule has 23 heavy (non-hydrogen) atoms. The van der Waals surface area contributed by atoms with E-state index < -0.39 is 11.7 Å². The Bertz CT molecular complexity index is 599. The van der Waals surface area contributed by atoms with Gasteiger partial charge in [0.05, 0.1) is 11.1 Å². The van der Waals surface area contributed by atoms with Crippen LogP contribution in [0.1, 0.15) is 48.4 Å². The van der Waals surface area contributed by atoms with Crippen LogP contribution in [-0.2, 0) is 4.74 Å². The van der Waals surface area contributed by atoms with Crippen LogP contribution >= 0.6 is 0 Å². The van der Waals surface area contributed by atoms with Crippen LogP contribution in [0, 0.1) is 5.92 Å². The fourth-order valence-electron chi connectivity index (χ4n) is 2.35. The first-order chi connectivity index (χ1) is 10.7. The number of alkyl carbamates (subject to hydrolysis) is 1. The van der Waals surface area contributed by atoms with Crippen LogP contribution in [0.15, 0.2) is 24.3 Å². The van der Waals surface area contributed by atoms with Gasteiger partial charge < -0.3 is 10.1 Å². The zero-order valence-electron chi connectivity index (χ0n) is 13.9. The summed E-state index contributed by atoms with van der Waals surface area (Å²) < 4.78 is 5.15. The number of amides is 3. The van der Waals surface area contributed by atoms with Crippen molar-refractivity contribution in [3.05, 3.63) is 35.4 Å². The van der Waals surface area contributed by atoms with E-state index >= 15 is 0 Å². The fourth-order valence-corrected chi connectivity index (χ4v) is 2.35. The van der Waals surface area contributed by atoms with Crippen LogP contribution in [0.4, 0.5) is 4.79 Å². The third-order valence-corrected chi connectivity index (χ3v) is 3.37. The molecule has 1 heterocycles. The van der Waals surface area contributed by atoms with E-state index in [1.807, 2.05) is 6.92 Å². The first-order valence-corrected chi connectivity index (χ1v) is 7.61. The smallest absolute Gasteiger partial charge is 0.407 e. The molecule has 0 spiro atoms. The van der Waals surface area contributed by atoms with Crippen molar-refractivity contribution < 1.29 is 19.1 Å². The van der Waals surface area contributed by atoms with Crippen LogP contribution in [0.3, 0.4) is 0 Å². The van der Waals surface area contributed by atoms with E-state index in [1.54, 1.807) is 45.0 Å². The number of imide groups is 1. The number of hydrogen-bond donors (Lipinski definition) is 1. The van der Waals surface area contributed by atoms with Gasteiger partial charge in [0, 0.05) is 13.1 Å². The van der Waals surface area contributed by atoms with Gasteiger partial charge in [-0.3, -0.25) is 14.5 Å². The Morgan fingerprint density at radius 3 is 2.17 bits per heavy atom. The quantitative estimate of drug-likeness (QED) is 0.865. The van der Waals surface area contributed by atoms with E-state index in [4.69, 9.17) is 4.74 Å². The Labute approximate surface area is 135 Å². The predicted molar refractivity (Wildman–Crippen MR) is 85.2 cm³/mol. The minimum absolute atomic E-state index is 0.0790. The second kappa shape index (κ2) is 6.40. The number of carbonyl (C=O) groups excluding carboxylic acids is 3. The number of carbonyl (C=O) groups is 3. The second-order valence-corrected chi connectivity index (χ2v) is 6.75. The molecule has 0 aromatic heterocycles. The van der Waals surface area contributed by atoms with Gasteiger partial charge in [-0.05, 0) is 38.8 Å². The summed E-state index contributed by atoms with van der Waals surface area (Å²) in [6, 6.07) is 6.78. The molecule has 0 aliphatic carbocycles. The second-order valence-electron chi connectivity index (χ2n) is 6.75. The van der Waals surface area contributed by atoms with Crippen molar-refractivity contribution in [3.8, 4) is 0 Å². The van der Waals surface area contributed by atoms with E-state index in [2.05, 4.69) is 5.32 Å². The van der Waals surface area contributed by atoms with Gasteiger partial charge in [-0.1, -0.05) is 19.1 Å². The van der Waals surface area contributed by atoms with Crippen LogP contribution in [0.5, 0.6) is 0 Å². The minimum atomic E-state index is -0.560. The molecular weight excluding hydrogens is 296 g/mol.